The van der Waals surface area contributed by atoms with Crippen molar-refractivity contribution in [3.05, 3.63) is 59.9 Å². The minimum atomic E-state index is 0.200. The Bertz CT molecular complexity index is 771. The van der Waals surface area contributed by atoms with Crippen molar-refractivity contribution in [2.45, 2.75) is 25.9 Å². The molecule has 2 aromatic heterocycles. The number of aromatic nitrogens is 2. The van der Waals surface area contributed by atoms with E-state index in [-0.39, 0.29) is 6.10 Å². The second-order valence-electron chi connectivity index (χ2n) is 5.63. The van der Waals surface area contributed by atoms with Crippen LogP contribution in [0.5, 0.6) is 0 Å². The molecule has 1 aromatic carbocycles. The second-order valence-corrected chi connectivity index (χ2v) is 5.63. The fourth-order valence-electron chi connectivity index (χ4n) is 3.04. The molecule has 0 bridgehead atoms. The summed E-state index contributed by atoms with van der Waals surface area (Å²) in [5.74, 6) is 0. The molecule has 0 unspecified atom stereocenters. The van der Waals surface area contributed by atoms with Crippen LogP contribution in [0.2, 0.25) is 0 Å². The average Bonchev–Trinajstić information content (AvgIpc) is 3.18. The van der Waals surface area contributed by atoms with Gasteiger partial charge in [-0.25, -0.2) is 4.98 Å². The monoisotopic (exact) mass is 278 g/mol. The summed E-state index contributed by atoms with van der Waals surface area (Å²) in [5.41, 5.74) is 5.60. The highest BCUT2D eigenvalue weighted by atomic mass is 16.5. The lowest BCUT2D eigenvalue weighted by Gasteiger charge is -2.13. The number of imidazole rings is 1. The van der Waals surface area contributed by atoms with Gasteiger partial charge in [-0.1, -0.05) is 36.4 Å². The number of hydrogen-bond acceptors (Lipinski definition) is 2. The maximum absolute atomic E-state index is 5.85. The predicted octanol–water partition coefficient (Wildman–Crippen LogP) is 4.16. The molecule has 3 heterocycles. The van der Waals surface area contributed by atoms with Gasteiger partial charge in [0.05, 0.1) is 17.5 Å². The molecule has 1 fully saturated rings. The Morgan fingerprint density at radius 2 is 2.00 bits per heavy atom. The van der Waals surface area contributed by atoms with E-state index in [0.29, 0.717) is 0 Å². The first-order chi connectivity index (χ1) is 10.3. The Morgan fingerprint density at radius 1 is 1.14 bits per heavy atom. The summed E-state index contributed by atoms with van der Waals surface area (Å²) in [6.45, 7) is 2.97. The van der Waals surface area contributed by atoms with Gasteiger partial charge in [-0.2, -0.15) is 0 Å². The molecule has 3 aromatic rings. The second kappa shape index (κ2) is 5.01. The van der Waals surface area contributed by atoms with Gasteiger partial charge in [0, 0.05) is 18.4 Å². The van der Waals surface area contributed by atoms with Crippen LogP contribution in [0.4, 0.5) is 0 Å². The van der Waals surface area contributed by atoms with Crippen LogP contribution in [0.15, 0.2) is 48.7 Å². The van der Waals surface area contributed by atoms with Gasteiger partial charge in [-0.15, -0.1) is 0 Å². The van der Waals surface area contributed by atoms with E-state index in [1.165, 1.54) is 11.3 Å². The molecule has 0 radical (unpaired) electrons. The highest BCUT2D eigenvalue weighted by Crippen LogP contribution is 2.31. The number of fused-ring (bicyclic) bond motifs is 1. The molecule has 3 nitrogen and oxygen atoms in total. The molecular formula is C18H18N2O. The Kier molecular flexibility index (Phi) is 3.00. The van der Waals surface area contributed by atoms with Crippen LogP contribution in [-0.4, -0.2) is 16.0 Å². The summed E-state index contributed by atoms with van der Waals surface area (Å²) < 4.78 is 8.06. The van der Waals surface area contributed by atoms with E-state index in [1.807, 2.05) is 18.2 Å². The van der Waals surface area contributed by atoms with Crippen molar-refractivity contribution in [2.24, 2.45) is 0 Å². The molecule has 1 atom stereocenters. The average molecular weight is 278 g/mol. The molecule has 0 spiro atoms. The van der Waals surface area contributed by atoms with Gasteiger partial charge in [0.15, 0.2) is 0 Å². The van der Waals surface area contributed by atoms with Gasteiger partial charge in [0.1, 0.15) is 5.65 Å². The summed E-state index contributed by atoms with van der Waals surface area (Å²) in [6, 6.07) is 14.7. The summed E-state index contributed by atoms with van der Waals surface area (Å²) >= 11 is 0. The SMILES string of the molecule is Cc1ccc([C@@H]2CCCO2)n2cc(-c3ccccc3)nc12. The number of benzene rings is 1. The maximum atomic E-state index is 5.85. The van der Waals surface area contributed by atoms with Crippen LogP contribution in [0.25, 0.3) is 16.9 Å². The third kappa shape index (κ3) is 2.14. The fraction of sp³-hybridized carbons (Fsp3) is 0.278. The van der Waals surface area contributed by atoms with Crippen molar-refractivity contribution in [1.29, 1.82) is 0 Å². The van der Waals surface area contributed by atoms with Crippen LogP contribution in [-0.2, 0) is 4.74 Å². The van der Waals surface area contributed by atoms with E-state index in [0.717, 1.165) is 36.4 Å². The Balaban J connectivity index is 1.89. The molecule has 3 heteroatoms. The van der Waals surface area contributed by atoms with E-state index >= 15 is 0 Å². The van der Waals surface area contributed by atoms with Crippen molar-refractivity contribution in [3.8, 4) is 11.3 Å². The largest absolute Gasteiger partial charge is 0.372 e. The smallest absolute Gasteiger partial charge is 0.140 e. The molecule has 1 aliphatic heterocycles. The molecule has 0 aliphatic carbocycles. The Morgan fingerprint density at radius 3 is 2.76 bits per heavy atom. The van der Waals surface area contributed by atoms with Crippen molar-refractivity contribution >= 4 is 5.65 Å². The quantitative estimate of drug-likeness (QED) is 0.703. The lowest BCUT2D eigenvalue weighted by atomic mass is 10.1. The topological polar surface area (TPSA) is 26.5 Å². The summed E-state index contributed by atoms with van der Waals surface area (Å²) in [7, 11) is 0. The lowest BCUT2D eigenvalue weighted by Crippen LogP contribution is -2.03. The minimum Gasteiger partial charge on any atom is -0.372 e. The minimum absolute atomic E-state index is 0.200. The molecule has 0 amide bonds. The fourth-order valence-corrected chi connectivity index (χ4v) is 3.04. The van der Waals surface area contributed by atoms with Crippen LogP contribution in [0, 0.1) is 6.92 Å². The normalized spacial score (nSPS) is 18.4. The summed E-state index contributed by atoms with van der Waals surface area (Å²) in [6.07, 6.45) is 4.57. The third-order valence-electron chi connectivity index (χ3n) is 4.17. The van der Waals surface area contributed by atoms with E-state index in [4.69, 9.17) is 9.72 Å². The molecule has 106 valence electrons. The summed E-state index contributed by atoms with van der Waals surface area (Å²) in [5, 5.41) is 0. The highest BCUT2D eigenvalue weighted by Gasteiger charge is 2.21. The third-order valence-corrected chi connectivity index (χ3v) is 4.17. The van der Waals surface area contributed by atoms with Gasteiger partial charge >= 0.3 is 0 Å². The number of pyridine rings is 1. The molecule has 4 rings (SSSR count). The molecule has 1 saturated heterocycles. The zero-order chi connectivity index (χ0) is 14.2. The van der Waals surface area contributed by atoms with Crippen molar-refractivity contribution in [2.75, 3.05) is 6.61 Å². The van der Waals surface area contributed by atoms with E-state index in [9.17, 15) is 0 Å². The van der Waals surface area contributed by atoms with Gasteiger partial charge in [-0.05, 0) is 31.4 Å². The molecule has 0 saturated carbocycles. The Labute approximate surface area is 124 Å². The van der Waals surface area contributed by atoms with Gasteiger partial charge < -0.3 is 9.14 Å². The first kappa shape index (κ1) is 12.6. The van der Waals surface area contributed by atoms with Gasteiger partial charge in [0.2, 0.25) is 0 Å². The van der Waals surface area contributed by atoms with Gasteiger partial charge in [0.25, 0.3) is 0 Å². The van der Waals surface area contributed by atoms with Crippen molar-refractivity contribution in [1.82, 2.24) is 9.38 Å². The van der Waals surface area contributed by atoms with Gasteiger partial charge in [-0.3, -0.25) is 0 Å². The number of aryl methyl sites for hydroxylation is 1. The number of rotatable bonds is 2. The zero-order valence-corrected chi connectivity index (χ0v) is 12.1. The molecule has 21 heavy (non-hydrogen) atoms. The number of ether oxygens (including phenoxy) is 1. The van der Waals surface area contributed by atoms with E-state index < -0.39 is 0 Å². The molecule has 0 N–H and O–H groups in total. The van der Waals surface area contributed by atoms with E-state index in [2.05, 4.69) is 41.8 Å². The molecule has 1 aliphatic rings. The van der Waals surface area contributed by atoms with Crippen molar-refractivity contribution < 1.29 is 4.74 Å². The first-order valence-electron chi connectivity index (χ1n) is 7.48. The van der Waals surface area contributed by atoms with Crippen LogP contribution in [0.1, 0.15) is 30.2 Å². The highest BCUT2D eigenvalue weighted by molar-refractivity contribution is 5.64. The van der Waals surface area contributed by atoms with Crippen LogP contribution in [0.3, 0.4) is 0 Å². The van der Waals surface area contributed by atoms with Crippen LogP contribution < -0.4 is 0 Å². The number of hydrogen-bond donors (Lipinski definition) is 0. The zero-order valence-electron chi connectivity index (χ0n) is 12.1. The predicted molar refractivity (Wildman–Crippen MR) is 83.3 cm³/mol. The summed E-state index contributed by atoms with van der Waals surface area (Å²) in [4.78, 5) is 4.82. The van der Waals surface area contributed by atoms with Crippen molar-refractivity contribution in [3.63, 3.8) is 0 Å². The first-order valence-corrected chi connectivity index (χ1v) is 7.48. The standard InChI is InChI=1S/C18H18N2O/c1-13-9-10-16(17-8-5-11-21-17)20-12-15(19-18(13)20)14-6-3-2-4-7-14/h2-4,6-7,9-10,12,17H,5,8,11H2,1H3/t17-/m0/s1. The van der Waals surface area contributed by atoms with E-state index in [1.54, 1.807) is 0 Å². The number of nitrogens with zero attached hydrogens (tertiary/aromatic N) is 2. The molecular weight excluding hydrogens is 260 g/mol. The Hall–Kier alpha value is -2.13. The van der Waals surface area contributed by atoms with Crippen LogP contribution >= 0.6 is 0 Å². The maximum Gasteiger partial charge on any atom is 0.140 e. The lowest BCUT2D eigenvalue weighted by molar-refractivity contribution is 0.108.